The van der Waals surface area contributed by atoms with Crippen molar-refractivity contribution < 1.29 is 19.1 Å². The lowest BCUT2D eigenvalue weighted by molar-refractivity contribution is -0.123. The molecule has 0 bridgehead atoms. The van der Waals surface area contributed by atoms with Gasteiger partial charge in [0.1, 0.15) is 12.3 Å². The number of imide groups is 1. The van der Waals surface area contributed by atoms with Gasteiger partial charge in [0.05, 0.1) is 13.7 Å². The number of hydrogen-bond acceptors (Lipinski definition) is 4. The fourth-order valence-electron chi connectivity index (χ4n) is 4.03. The molecule has 174 valence electrons. The summed E-state index contributed by atoms with van der Waals surface area (Å²) in [5, 5.41) is 5.00. The number of amides is 3. The summed E-state index contributed by atoms with van der Waals surface area (Å²) < 4.78 is 11.5. The highest BCUT2D eigenvalue weighted by Gasteiger charge is 2.33. The summed E-state index contributed by atoms with van der Waals surface area (Å²) in [7, 11) is 1.57. The molecule has 0 radical (unpaired) electrons. The number of hydrogen-bond donors (Lipinski definition) is 1. The molecule has 35 heavy (non-hydrogen) atoms. The Labute approximate surface area is 203 Å². The van der Waals surface area contributed by atoms with E-state index in [0.29, 0.717) is 23.7 Å². The first-order valence-corrected chi connectivity index (χ1v) is 11.3. The van der Waals surface area contributed by atoms with Crippen molar-refractivity contribution in [2.45, 2.75) is 13.2 Å². The van der Waals surface area contributed by atoms with E-state index in [1.54, 1.807) is 25.3 Å². The Morgan fingerprint density at radius 1 is 0.800 bits per heavy atom. The maximum atomic E-state index is 12.8. The van der Waals surface area contributed by atoms with Crippen LogP contribution in [0.2, 0.25) is 0 Å². The topological polar surface area (TPSA) is 67.9 Å². The van der Waals surface area contributed by atoms with E-state index in [4.69, 9.17) is 9.47 Å². The monoisotopic (exact) mass is 464 g/mol. The van der Waals surface area contributed by atoms with Gasteiger partial charge in [0.25, 0.3) is 5.91 Å². The average molecular weight is 465 g/mol. The zero-order valence-electron chi connectivity index (χ0n) is 19.2. The van der Waals surface area contributed by atoms with Crippen LogP contribution in [-0.4, -0.2) is 23.9 Å². The number of carbonyl (C=O) groups excluding carboxylic acids is 2. The third kappa shape index (κ3) is 4.87. The van der Waals surface area contributed by atoms with Gasteiger partial charge in [-0.25, -0.2) is 4.79 Å². The molecule has 6 nitrogen and oxygen atoms in total. The van der Waals surface area contributed by atoms with Crippen molar-refractivity contribution in [1.82, 2.24) is 10.2 Å². The number of benzene rings is 4. The highest BCUT2D eigenvalue weighted by Crippen LogP contribution is 2.30. The van der Waals surface area contributed by atoms with E-state index in [9.17, 15) is 9.59 Å². The predicted octanol–water partition coefficient (Wildman–Crippen LogP) is 5.52. The smallest absolute Gasteiger partial charge is 0.329 e. The summed E-state index contributed by atoms with van der Waals surface area (Å²) in [6, 6.07) is 28.8. The first-order valence-electron chi connectivity index (χ1n) is 11.3. The van der Waals surface area contributed by atoms with E-state index in [1.807, 2.05) is 54.6 Å². The molecule has 4 aromatic carbocycles. The van der Waals surface area contributed by atoms with Crippen molar-refractivity contribution in [2.75, 3.05) is 7.11 Å². The van der Waals surface area contributed by atoms with E-state index < -0.39 is 6.03 Å². The Hall–Kier alpha value is -4.58. The summed E-state index contributed by atoms with van der Waals surface area (Å²) in [5.74, 6) is 0.766. The summed E-state index contributed by atoms with van der Waals surface area (Å²) >= 11 is 0. The van der Waals surface area contributed by atoms with Crippen LogP contribution in [0.5, 0.6) is 11.5 Å². The van der Waals surface area contributed by atoms with E-state index in [0.717, 1.165) is 16.5 Å². The van der Waals surface area contributed by atoms with Gasteiger partial charge in [0.2, 0.25) is 0 Å². The first-order chi connectivity index (χ1) is 17.1. The molecule has 0 spiro atoms. The van der Waals surface area contributed by atoms with Crippen LogP contribution in [0.15, 0.2) is 96.7 Å². The zero-order chi connectivity index (χ0) is 24.2. The van der Waals surface area contributed by atoms with Gasteiger partial charge in [-0.05, 0) is 51.7 Å². The number of rotatable bonds is 7. The maximum absolute atomic E-state index is 12.8. The molecule has 1 aliphatic heterocycles. The normalized spacial score (nSPS) is 14.4. The molecular formula is C29H24N2O4. The van der Waals surface area contributed by atoms with Gasteiger partial charge in [-0.3, -0.25) is 9.69 Å². The quantitative estimate of drug-likeness (QED) is 0.289. The molecule has 1 N–H and O–H groups in total. The number of methoxy groups -OCH3 is 1. The summed E-state index contributed by atoms with van der Waals surface area (Å²) in [6.45, 7) is 0.609. The summed E-state index contributed by atoms with van der Waals surface area (Å²) in [6.07, 6.45) is 1.64. The average Bonchev–Trinajstić information content (AvgIpc) is 3.15. The van der Waals surface area contributed by atoms with Crippen LogP contribution in [0, 0.1) is 0 Å². The van der Waals surface area contributed by atoms with Gasteiger partial charge >= 0.3 is 6.03 Å². The van der Waals surface area contributed by atoms with Crippen LogP contribution in [0.4, 0.5) is 4.79 Å². The van der Waals surface area contributed by atoms with Crippen LogP contribution in [0.3, 0.4) is 0 Å². The fraction of sp³-hybridized carbons (Fsp3) is 0.103. The minimum Gasteiger partial charge on any atom is -0.493 e. The number of fused-ring (bicyclic) bond motifs is 1. The van der Waals surface area contributed by atoms with Crippen molar-refractivity contribution in [2.24, 2.45) is 0 Å². The molecule has 0 saturated carbocycles. The van der Waals surface area contributed by atoms with Crippen molar-refractivity contribution in [3.63, 3.8) is 0 Å². The van der Waals surface area contributed by atoms with Crippen LogP contribution < -0.4 is 14.8 Å². The van der Waals surface area contributed by atoms with Gasteiger partial charge in [-0.2, -0.15) is 0 Å². The Kier molecular flexibility index (Phi) is 6.18. The van der Waals surface area contributed by atoms with Crippen LogP contribution in [-0.2, 0) is 17.9 Å². The highest BCUT2D eigenvalue weighted by molar-refractivity contribution is 6.13. The van der Waals surface area contributed by atoms with Crippen molar-refractivity contribution >= 4 is 28.8 Å². The Morgan fingerprint density at radius 3 is 2.37 bits per heavy atom. The van der Waals surface area contributed by atoms with E-state index in [-0.39, 0.29) is 18.1 Å². The van der Waals surface area contributed by atoms with Crippen LogP contribution in [0.1, 0.15) is 16.7 Å². The minimum atomic E-state index is -0.438. The lowest BCUT2D eigenvalue weighted by atomic mass is 10.1. The number of ether oxygens (including phenoxy) is 2. The SMILES string of the molecule is COc1cc(/C=C2/NC(=O)N(Cc3ccccc3)C2=O)ccc1OCc1ccc2ccccc2c1. The molecule has 3 amide bonds. The minimum absolute atomic E-state index is 0.216. The van der Waals surface area contributed by atoms with Gasteiger partial charge in [0, 0.05) is 0 Å². The molecule has 0 unspecified atom stereocenters. The molecule has 1 heterocycles. The third-order valence-corrected chi connectivity index (χ3v) is 5.85. The molecule has 0 aliphatic carbocycles. The Bertz CT molecular complexity index is 1430. The van der Waals surface area contributed by atoms with E-state index in [1.165, 1.54) is 10.3 Å². The molecule has 5 rings (SSSR count). The van der Waals surface area contributed by atoms with Gasteiger partial charge in [-0.15, -0.1) is 0 Å². The highest BCUT2D eigenvalue weighted by atomic mass is 16.5. The molecular weight excluding hydrogens is 440 g/mol. The maximum Gasteiger partial charge on any atom is 0.329 e. The molecule has 1 fully saturated rings. The summed E-state index contributed by atoms with van der Waals surface area (Å²) in [5.41, 5.74) is 2.87. The number of nitrogens with zero attached hydrogens (tertiary/aromatic N) is 1. The fourth-order valence-corrected chi connectivity index (χ4v) is 4.03. The second-order valence-corrected chi connectivity index (χ2v) is 8.25. The standard InChI is InChI=1S/C29H24N2O4/c1-34-27-17-21(16-25-28(32)31(29(33)30-25)18-20-7-3-2-4-8-20)12-14-26(27)35-19-22-11-13-23-9-5-6-10-24(23)15-22/h2-17H,18-19H2,1H3,(H,30,33)/b25-16+. The van der Waals surface area contributed by atoms with Crippen molar-refractivity contribution in [1.29, 1.82) is 0 Å². The molecule has 1 saturated heterocycles. The molecule has 4 aromatic rings. The zero-order valence-corrected chi connectivity index (χ0v) is 19.2. The number of urea groups is 1. The van der Waals surface area contributed by atoms with Crippen molar-refractivity contribution in [3.05, 3.63) is 113 Å². The summed E-state index contributed by atoms with van der Waals surface area (Å²) in [4.78, 5) is 26.4. The molecule has 1 aliphatic rings. The number of nitrogens with one attached hydrogen (secondary N) is 1. The molecule has 0 atom stereocenters. The van der Waals surface area contributed by atoms with Gasteiger partial charge in [0.15, 0.2) is 11.5 Å². The molecule has 6 heteroatoms. The van der Waals surface area contributed by atoms with Crippen molar-refractivity contribution in [3.8, 4) is 11.5 Å². The Morgan fingerprint density at radius 2 is 1.57 bits per heavy atom. The largest absolute Gasteiger partial charge is 0.493 e. The van der Waals surface area contributed by atoms with E-state index >= 15 is 0 Å². The van der Waals surface area contributed by atoms with Gasteiger partial charge < -0.3 is 14.8 Å². The lowest BCUT2D eigenvalue weighted by Gasteiger charge is -2.12. The van der Waals surface area contributed by atoms with Gasteiger partial charge in [-0.1, -0.05) is 72.8 Å². The third-order valence-electron chi connectivity index (χ3n) is 5.85. The Balaban J connectivity index is 1.30. The first kappa shape index (κ1) is 22.2. The second kappa shape index (κ2) is 9.73. The number of carbonyl (C=O) groups is 2. The van der Waals surface area contributed by atoms with E-state index in [2.05, 4.69) is 29.6 Å². The second-order valence-electron chi connectivity index (χ2n) is 8.25. The van der Waals surface area contributed by atoms with Crippen LogP contribution >= 0.6 is 0 Å². The predicted molar refractivity (Wildman–Crippen MR) is 135 cm³/mol. The lowest BCUT2D eigenvalue weighted by Crippen LogP contribution is -2.30. The van der Waals surface area contributed by atoms with Crippen LogP contribution in [0.25, 0.3) is 16.8 Å². The molecule has 0 aromatic heterocycles.